The van der Waals surface area contributed by atoms with Gasteiger partial charge in [0.2, 0.25) is 0 Å². The van der Waals surface area contributed by atoms with Crippen molar-refractivity contribution in [3.8, 4) is 5.75 Å². The molecule has 4 N–H and O–H groups in total. The predicted octanol–water partition coefficient (Wildman–Crippen LogP) is 3.67. The summed E-state index contributed by atoms with van der Waals surface area (Å²) in [6.45, 7) is 2.53. The highest BCUT2D eigenvalue weighted by atomic mass is 16.3. The Labute approximate surface area is 203 Å². The normalized spacial score (nSPS) is 16.7. The number of nitrogens with zero attached hydrogens (tertiary/aromatic N) is 1. The number of rotatable bonds is 9. The summed E-state index contributed by atoms with van der Waals surface area (Å²) in [5.74, 6) is -0.595. The van der Waals surface area contributed by atoms with Crippen molar-refractivity contribution >= 4 is 23.0 Å². The van der Waals surface area contributed by atoms with Gasteiger partial charge in [-0.25, -0.2) is 0 Å². The minimum Gasteiger partial charge on any atom is -0.505 e. The van der Waals surface area contributed by atoms with Crippen molar-refractivity contribution < 1.29 is 15.0 Å². The van der Waals surface area contributed by atoms with E-state index in [1.807, 2.05) is 37.3 Å². The van der Waals surface area contributed by atoms with Crippen LogP contribution in [-0.2, 0) is 0 Å². The van der Waals surface area contributed by atoms with Gasteiger partial charge in [-0.1, -0.05) is 43.3 Å². The minimum absolute atomic E-state index is 0.0101. The zero-order valence-corrected chi connectivity index (χ0v) is 19.8. The summed E-state index contributed by atoms with van der Waals surface area (Å²) in [7, 11) is 0. The van der Waals surface area contributed by atoms with Crippen molar-refractivity contribution in [2.75, 3.05) is 23.8 Å². The van der Waals surface area contributed by atoms with E-state index in [1.165, 1.54) is 6.07 Å². The monoisotopic (exact) mass is 477 g/mol. The molecule has 0 aliphatic carbocycles. The van der Waals surface area contributed by atoms with Crippen LogP contribution in [0.4, 0.5) is 17.1 Å². The molecule has 0 aromatic heterocycles. The van der Waals surface area contributed by atoms with Gasteiger partial charge in [0.05, 0.1) is 17.3 Å². The number of likely N-dealkylation sites (tertiary alicyclic amines) is 1. The number of anilines is 3. The molecule has 2 atom stereocenters. The SMILES string of the molecule is CCC(Nc1c(Nc2cccc(C(=O)N3CCCCC3CCO)c2O)c(=O)c1=O)c1ccccc1. The number of hydrogen-bond donors (Lipinski definition) is 4. The first-order chi connectivity index (χ1) is 17.0. The molecule has 1 aliphatic rings. The fourth-order valence-electron chi connectivity index (χ4n) is 4.75. The topological polar surface area (TPSA) is 119 Å². The molecule has 1 fully saturated rings. The molecule has 1 saturated heterocycles. The smallest absolute Gasteiger partial charge is 0.257 e. The van der Waals surface area contributed by atoms with Gasteiger partial charge in [-0.2, -0.15) is 0 Å². The second kappa shape index (κ2) is 10.7. The van der Waals surface area contributed by atoms with Gasteiger partial charge in [0, 0.05) is 19.2 Å². The lowest BCUT2D eigenvalue weighted by Crippen LogP contribution is -2.44. The Bertz CT molecular complexity index is 1250. The van der Waals surface area contributed by atoms with Crippen molar-refractivity contribution in [1.29, 1.82) is 0 Å². The molecule has 35 heavy (non-hydrogen) atoms. The van der Waals surface area contributed by atoms with Gasteiger partial charge < -0.3 is 25.7 Å². The first-order valence-electron chi connectivity index (χ1n) is 12.1. The minimum atomic E-state index is -0.675. The molecule has 1 heterocycles. The molecular weight excluding hydrogens is 446 g/mol. The van der Waals surface area contributed by atoms with Crippen molar-refractivity contribution in [1.82, 2.24) is 4.90 Å². The molecule has 8 nitrogen and oxygen atoms in total. The van der Waals surface area contributed by atoms with Crippen LogP contribution in [-0.4, -0.2) is 40.2 Å². The van der Waals surface area contributed by atoms with E-state index in [4.69, 9.17) is 0 Å². The van der Waals surface area contributed by atoms with Crippen LogP contribution in [0.3, 0.4) is 0 Å². The van der Waals surface area contributed by atoms with E-state index < -0.39 is 10.9 Å². The first kappa shape index (κ1) is 24.5. The number of nitrogens with one attached hydrogen (secondary N) is 2. The van der Waals surface area contributed by atoms with Crippen molar-refractivity contribution in [3.63, 3.8) is 0 Å². The van der Waals surface area contributed by atoms with Crippen LogP contribution < -0.4 is 21.5 Å². The molecule has 0 bridgehead atoms. The number of aromatic hydroxyl groups is 1. The molecule has 3 aromatic rings. The van der Waals surface area contributed by atoms with Crippen molar-refractivity contribution in [3.05, 3.63) is 80.1 Å². The van der Waals surface area contributed by atoms with E-state index in [2.05, 4.69) is 10.6 Å². The predicted molar refractivity (Wildman–Crippen MR) is 136 cm³/mol. The number of piperidine rings is 1. The Morgan fingerprint density at radius 3 is 2.51 bits per heavy atom. The molecule has 0 spiro atoms. The molecule has 184 valence electrons. The van der Waals surface area contributed by atoms with E-state index in [9.17, 15) is 24.6 Å². The Balaban J connectivity index is 1.58. The molecule has 4 rings (SSSR count). The zero-order valence-electron chi connectivity index (χ0n) is 19.8. The second-order valence-corrected chi connectivity index (χ2v) is 8.91. The van der Waals surface area contributed by atoms with Gasteiger partial charge in [-0.05, 0) is 49.8 Å². The van der Waals surface area contributed by atoms with Crippen LogP contribution in [0.1, 0.15) is 61.0 Å². The van der Waals surface area contributed by atoms with Crippen LogP contribution in [0.2, 0.25) is 0 Å². The summed E-state index contributed by atoms with van der Waals surface area (Å²) in [6.07, 6.45) is 3.85. The summed E-state index contributed by atoms with van der Waals surface area (Å²) in [4.78, 5) is 39.7. The molecule has 8 heteroatoms. The summed E-state index contributed by atoms with van der Waals surface area (Å²) in [5.41, 5.74) is 0.224. The summed E-state index contributed by atoms with van der Waals surface area (Å²) in [6, 6.07) is 14.1. The van der Waals surface area contributed by atoms with Gasteiger partial charge >= 0.3 is 0 Å². The number of para-hydroxylation sites is 1. The van der Waals surface area contributed by atoms with Crippen LogP contribution in [0, 0.1) is 0 Å². The van der Waals surface area contributed by atoms with Gasteiger partial charge in [0.25, 0.3) is 16.8 Å². The summed E-state index contributed by atoms with van der Waals surface area (Å²) >= 11 is 0. The zero-order chi connectivity index (χ0) is 24.9. The highest BCUT2D eigenvalue weighted by molar-refractivity contribution is 5.99. The van der Waals surface area contributed by atoms with Gasteiger partial charge in [-0.15, -0.1) is 0 Å². The Kier molecular flexibility index (Phi) is 7.51. The third kappa shape index (κ3) is 4.93. The number of carbonyl (C=O) groups excluding carboxylic acids is 1. The number of aliphatic hydroxyl groups excluding tert-OH is 1. The lowest BCUT2D eigenvalue weighted by Gasteiger charge is -2.35. The molecule has 0 radical (unpaired) electrons. The fraction of sp³-hybridized carbons (Fsp3) is 0.370. The Hall–Kier alpha value is -3.65. The van der Waals surface area contributed by atoms with Crippen LogP contribution in [0.5, 0.6) is 5.75 Å². The largest absolute Gasteiger partial charge is 0.505 e. The number of phenols is 1. The Morgan fingerprint density at radius 2 is 1.80 bits per heavy atom. The first-order valence-corrected chi connectivity index (χ1v) is 12.1. The number of amides is 1. The van der Waals surface area contributed by atoms with Gasteiger partial charge in [-0.3, -0.25) is 14.4 Å². The van der Waals surface area contributed by atoms with Gasteiger partial charge in [0.1, 0.15) is 11.4 Å². The number of aliphatic hydroxyl groups is 1. The van der Waals surface area contributed by atoms with Crippen molar-refractivity contribution in [2.24, 2.45) is 0 Å². The molecule has 1 amide bonds. The number of phenolic OH excluding ortho intramolecular Hbond substituents is 1. The van der Waals surface area contributed by atoms with E-state index in [1.54, 1.807) is 17.0 Å². The van der Waals surface area contributed by atoms with Gasteiger partial charge in [0.15, 0.2) is 5.75 Å². The highest BCUT2D eigenvalue weighted by Gasteiger charge is 2.30. The maximum atomic E-state index is 13.3. The summed E-state index contributed by atoms with van der Waals surface area (Å²) in [5, 5.41) is 26.3. The molecule has 3 aromatic carbocycles. The standard InChI is InChI=1S/C27H31N3O5/c1-2-20(17-9-4-3-5-10-17)28-22-23(26(34)25(22)33)29-21-13-8-12-19(24(21)32)27(35)30-15-7-6-11-18(30)14-16-31/h3-5,8-10,12-13,18,20,28-29,31-32H,2,6-7,11,14-16H2,1H3. The molecule has 2 unspecified atom stereocenters. The second-order valence-electron chi connectivity index (χ2n) is 8.91. The maximum absolute atomic E-state index is 13.3. The molecule has 1 aliphatic heterocycles. The van der Waals surface area contributed by atoms with E-state index >= 15 is 0 Å². The average molecular weight is 478 g/mol. The summed E-state index contributed by atoms with van der Waals surface area (Å²) < 4.78 is 0. The molecular formula is C27H31N3O5. The van der Waals surface area contributed by atoms with Crippen molar-refractivity contribution in [2.45, 2.75) is 51.1 Å². The van der Waals surface area contributed by atoms with Crippen LogP contribution in [0.15, 0.2) is 58.1 Å². The third-order valence-electron chi connectivity index (χ3n) is 6.72. The van der Waals surface area contributed by atoms with Crippen LogP contribution >= 0.6 is 0 Å². The van der Waals surface area contributed by atoms with E-state index in [0.29, 0.717) is 19.4 Å². The maximum Gasteiger partial charge on any atom is 0.257 e. The highest BCUT2D eigenvalue weighted by Crippen LogP contribution is 2.34. The fourth-order valence-corrected chi connectivity index (χ4v) is 4.75. The number of hydrogen-bond acceptors (Lipinski definition) is 7. The lowest BCUT2D eigenvalue weighted by molar-refractivity contribution is 0.0572. The van der Waals surface area contributed by atoms with Crippen LogP contribution in [0.25, 0.3) is 0 Å². The lowest BCUT2D eigenvalue weighted by atomic mass is 9.98. The third-order valence-corrected chi connectivity index (χ3v) is 6.72. The quantitative estimate of drug-likeness (QED) is 0.274. The Morgan fingerprint density at radius 1 is 1.06 bits per heavy atom. The number of carbonyl (C=O) groups is 1. The van der Waals surface area contributed by atoms with E-state index in [0.717, 1.165) is 24.8 Å². The average Bonchev–Trinajstić information content (AvgIpc) is 2.89. The number of benzene rings is 2. The molecule has 0 saturated carbocycles. The van der Waals surface area contributed by atoms with E-state index in [-0.39, 0.29) is 53.0 Å².